The zero-order valence-electron chi connectivity index (χ0n) is 11.1. The quantitative estimate of drug-likeness (QED) is 0.872. The summed E-state index contributed by atoms with van der Waals surface area (Å²) in [4.78, 5) is 0. The lowest BCUT2D eigenvalue weighted by atomic mass is 9.99. The van der Waals surface area contributed by atoms with Crippen LogP contribution in [0.2, 0.25) is 0 Å². The van der Waals surface area contributed by atoms with Crippen molar-refractivity contribution in [2.45, 2.75) is 32.7 Å². The number of fused-ring (bicyclic) bond motifs is 1. The first kappa shape index (κ1) is 12.9. The molecule has 2 nitrogen and oxygen atoms in total. The molecular weight excluding hydrogens is 222 g/mol. The second-order valence-corrected chi connectivity index (χ2v) is 4.80. The van der Waals surface area contributed by atoms with Crippen LogP contribution >= 0.6 is 0 Å². The zero-order chi connectivity index (χ0) is 13.0. The second-order valence-electron chi connectivity index (χ2n) is 4.80. The van der Waals surface area contributed by atoms with E-state index in [0.29, 0.717) is 0 Å². The summed E-state index contributed by atoms with van der Waals surface area (Å²) in [6.07, 6.45) is 1.92. The Kier molecular flexibility index (Phi) is 4.21. The van der Waals surface area contributed by atoms with Crippen molar-refractivity contribution in [2.24, 2.45) is 5.73 Å². The Labute approximate surface area is 109 Å². The van der Waals surface area contributed by atoms with Gasteiger partial charge in [0.1, 0.15) is 5.75 Å². The van der Waals surface area contributed by atoms with E-state index in [1.807, 2.05) is 6.92 Å². The lowest BCUT2D eigenvalue weighted by Crippen LogP contribution is -2.17. The van der Waals surface area contributed by atoms with E-state index in [0.717, 1.165) is 25.2 Å². The summed E-state index contributed by atoms with van der Waals surface area (Å²) in [5, 5.41) is 2.44. The standard InChI is InChI=1S/C16H21NO/c1-3-10-18-16-9-8-13(11-12(2)17)14-6-4-5-7-15(14)16/h4-9,12H,3,10-11,17H2,1-2H3. The molecule has 0 bridgehead atoms. The van der Waals surface area contributed by atoms with Crippen LogP contribution in [0.1, 0.15) is 25.8 Å². The maximum Gasteiger partial charge on any atom is 0.127 e. The van der Waals surface area contributed by atoms with E-state index in [4.69, 9.17) is 10.5 Å². The van der Waals surface area contributed by atoms with Crippen LogP contribution in [0, 0.1) is 0 Å². The molecule has 18 heavy (non-hydrogen) atoms. The maximum absolute atomic E-state index is 5.90. The van der Waals surface area contributed by atoms with Crippen molar-refractivity contribution in [1.82, 2.24) is 0 Å². The molecule has 0 amide bonds. The Morgan fingerprint density at radius 3 is 2.50 bits per heavy atom. The molecule has 0 saturated carbocycles. The van der Waals surface area contributed by atoms with Crippen LogP contribution < -0.4 is 10.5 Å². The Morgan fingerprint density at radius 2 is 1.83 bits per heavy atom. The van der Waals surface area contributed by atoms with Crippen LogP contribution in [-0.2, 0) is 6.42 Å². The molecule has 0 aromatic heterocycles. The molecule has 0 saturated heterocycles. The van der Waals surface area contributed by atoms with Crippen LogP contribution in [0.5, 0.6) is 5.75 Å². The Balaban J connectivity index is 2.44. The molecule has 0 aliphatic rings. The Bertz CT molecular complexity index is 519. The van der Waals surface area contributed by atoms with Crippen LogP contribution in [0.15, 0.2) is 36.4 Å². The first-order valence-corrected chi connectivity index (χ1v) is 6.61. The number of ether oxygens (including phenoxy) is 1. The highest BCUT2D eigenvalue weighted by molar-refractivity contribution is 5.91. The summed E-state index contributed by atoms with van der Waals surface area (Å²) >= 11 is 0. The lowest BCUT2D eigenvalue weighted by molar-refractivity contribution is 0.321. The number of rotatable bonds is 5. The number of benzene rings is 2. The van der Waals surface area contributed by atoms with Gasteiger partial charge in [0.15, 0.2) is 0 Å². The van der Waals surface area contributed by atoms with E-state index < -0.39 is 0 Å². The van der Waals surface area contributed by atoms with Crippen LogP contribution in [0.4, 0.5) is 0 Å². The molecule has 0 fully saturated rings. The molecule has 1 atom stereocenters. The Morgan fingerprint density at radius 1 is 1.11 bits per heavy atom. The van der Waals surface area contributed by atoms with Gasteiger partial charge >= 0.3 is 0 Å². The minimum atomic E-state index is 0.177. The van der Waals surface area contributed by atoms with Crippen LogP contribution in [0.3, 0.4) is 0 Å². The van der Waals surface area contributed by atoms with Crippen molar-refractivity contribution < 1.29 is 4.74 Å². The smallest absolute Gasteiger partial charge is 0.127 e. The number of hydrogen-bond donors (Lipinski definition) is 1. The molecule has 96 valence electrons. The summed E-state index contributed by atoms with van der Waals surface area (Å²) in [6.45, 7) is 4.92. The predicted octanol–water partition coefficient (Wildman–Crippen LogP) is 3.52. The maximum atomic E-state index is 5.90. The van der Waals surface area contributed by atoms with Crippen molar-refractivity contribution in [3.8, 4) is 5.75 Å². The molecule has 2 heteroatoms. The van der Waals surface area contributed by atoms with Crippen molar-refractivity contribution in [1.29, 1.82) is 0 Å². The SMILES string of the molecule is CCCOc1ccc(CC(C)N)c2ccccc12. The third-order valence-corrected chi connectivity index (χ3v) is 2.98. The molecule has 0 aliphatic carbocycles. The van der Waals surface area contributed by atoms with Gasteiger partial charge in [-0.3, -0.25) is 0 Å². The predicted molar refractivity (Wildman–Crippen MR) is 77.1 cm³/mol. The van der Waals surface area contributed by atoms with E-state index in [9.17, 15) is 0 Å². The van der Waals surface area contributed by atoms with E-state index >= 15 is 0 Å². The first-order valence-electron chi connectivity index (χ1n) is 6.61. The fourth-order valence-corrected chi connectivity index (χ4v) is 2.20. The molecule has 0 aliphatic heterocycles. The molecule has 0 radical (unpaired) electrons. The molecule has 2 aromatic rings. The molecule has 0 spiro atoms. The minimum absolute atomic E-state index is 0.177. The Hall–Kier alpha value is -1.54. The van der Waals surface area contributed by atoms with E-state index in [1.165, 1.54) is 16.3 Å². The van der Waals surface area contributed by atoms with Gasteiger partial charge in [-0.15, -0.1) is 0 Å². The number of nitrogens with two attached hydrogens (primary N) is 1. The molecular formula is C16H21NO. The highest BCUT2D eigenvalue weighted by atomic mass is 16.5. The average Bonchev–Trinajstić information content (AvgIpc) is 2.37. The van der Waals surface area contributed by atoms with Gasteiger partial charge in [0.25, 0.3) is 0 Å². The monoisotopic (exact) mass is 243 g/mol. The first-order chi connectivity index (χ1) is 8.72. The highest BCUT2D eigenvalue weighted by Gasteiger charge is 2.07. The normalized spacial score (nSPS) is 12.6. The van der Waals surface area contributed by atoms with E-state index in [-0.39, 0.29) is 6.04 Å². The number of hydrogen-bond acceptors (Lipinski definition) is 2. The van der Waals surface area contributed by atoms with Gasteiger partial charge < -0.3 is 10.5 Å². The van der Waals surface area contributed by atoms with E-state index in [2.05, 4.69) is 43.3 Å². The van der Waals surface area contributed by atoms with Gasteiger partial charge in [0, 0.05) is 11.4 Å². The van der Waals surface area contributed by atoms with Gasteiger partial charge in [0.2, 0.25) is 0 Å². The van der Waals surface area contributed by atoms with Crippen molar-refractivity contribution >= 4 is 10.8 Å². The van der Waals surface area contributed by atoms with Crippen molar-refractivity contribution in [2.75, 3.05) is 6.61 Å². The summed E-state index contributed by atoms with van der Waals surface area (Å²) in [5.41, 5.74) is 7.20. The molecule has 2 aromatic carbocycles. The largest absolute Gasteiger partial charge is 0.493 e. The topological polar surface area (TPSA) is 35.2 Å². The van der Waals surface area contributed by atoms with Gasteiger partial charge in [-0.2, -0.15) is 0 Å². The molecule has 2 N–H and O–H groups in total. The van der Waals surface area contributed by atoms with Crippen molar-refractivity contribution in [3.05, 3.63) is 42.0 Å². The lowest BCUT2D eigenvalue weighted by Gasteiger charge is -2.13. The molecule has 0 heterocycles. The average molecular weight is 243 g/mol. The molecule has 2 rings (SSSR count). The third-order valence-electron chi connectivity index (χ3n) is 2.98. The van der Waals surface area contributed by atoms with Gasteiger partial charge in [-0.05, 0) is 36.8 Å². The fraction of sp³-hybridized carbons (Fsp3) is 0.375. The zero-order valence-corrected chi connectivity index (χ0v) is 11.1. The summed E-state index contributed by atoms with van der Waals surface area (Å²) in [7, 11) is 0. The minimum Gasteiger partial charge on any atom is -0.493 e. The van der Waals surface area contributed by atoms with Crippen molar-refractivity contribution in [3.63, 3.8) is 0 Å². The summed E-state index contributed by atoms with van der Waals surface area (Å²) < 4.78 is 5.80. The molecule has 1 unspecified atom stereocenters. The third kappa shape index (κ3) is 2.82. The van der Waals surface area contributed by atoms with Gasteiger partial charge in [-0.25, -0.2) is 0 Å². The van der Waals surface area contributed by atoms with Crippen LogP contribution in [0.25, 0.3) is 10.8 Å². The van der Waals surface area contributed by atoms with Gasteiger partial charge in [-0.1, -0.05) is 37.3 Å². The van der Waals surface area contributed by atoms with Gasteiger partial charge in [0.05, 0.1) is 6.61 Å². The fourth-order valence-electron chi connectivity index (χ4n) is 2.20. The summed E-state index contributed by atoms with van der Waals surface area (Å²) in [6, 6.07) is 12.8. The summed E-state index contributed by atoms with van der Waals surface area (Å²) in [5.74, 6) is 0.973. The van der Waals surface area contributed by atoms with E-state index in [1.54, 1.807) is 0 Å². The highest BCUT2D eigenvalue weighted by Crippen LogP contribution is 2.29. The second kappa shape index (κ2) is 5.87. The van der Waals surface area contributed by atoms with Crippen LogP contribution in [-0.4, -0.2) is 12.6 Å².